The molecule has 1 atom stereocenters. The van der Waals surface area contributed by atoms with Crippen molar-refractivity contribution in [1.82, 2.24) is 0 Å². The molecular formula is C10H11IO5S. The molecule has 5 nitrogen and oxygen atoms in total. The molecule has 0 spiro atoms. The first kappa shape index (κ1) is 14.4. The van der Waals surface area contributed by atoms with Gasteiger partial charge in [0.05, 0.1) is 11.5 Å². The van der Waals surface area contributed by atoms with E-state index in [1.807, 2.05) is 22.6 Å². The molecule has 0 bridgehead atoms. The Morgan fingerprint density at radius 3 is 2.76 bits per heavy atom. The molecule has 94 valence electrons. The van der Waals surface area contributed by atoms with E-state index in [1.165, 1.54) is 12.1 Å². The van der Waals surface area contributed by atoms with Gasteiger partial charge in [-0.05, 0) is 47.7 Å². The number of carbonyl (C=O) groups excluding carboxylic acids is 1. The van der Waals surface area contributed by atoms with Crippen LogP contribution >= 0.6 is 22.6 Å². The van der Waals surface area contributed by atoms with E-state index in [2.05, 4.69) is 0 Å². The maximum absolute atomic E-state index is 11.0. The molecule has 0 fully saturated rings. The average Bonchev–Trinajstić information content (AvgIpc) is 2.26. The molecule has 1 aromatic carbocycles. The quantitative estimate of drug-likeness (QED) is 0.486. The van der Waals surface area contributed by atoms with E-state index in [4.69, 9.17) is 14.0 Å². The maximum Gasteiger partial charge on any atom is 0.344 e. The van der Waals surface area contributed by atoms with Crippen LogP contribution in [-0.2, 0) is 20.6 Å². The molecule has 1 rings (SSSR count). The molecule has 1 aromatic rings. The van der Waals surface area contributed by atoms with Crippen molar-refractivity contribution in [3.8, 4) is 5.75 Å². The van der Waals surface area contributed by atoms with E-state index < -0.39 is 17.0 Å². The number of ether oxygens (including phenoxy) is 2. The lowest BCUT2D eigenvalue weighted by molar-refractivity contribution is -0.145. The Balaban J connectivity index is 2.65. The van der Waals surface area contributed by atoms with Crippen LogP contribution in [0.1, 0.15) is 6.92 Å². The van der Waals surface area contributed by atoms with Gasteiger partial charge in [-0.15, -0.1) is 0 Å². The van der Waals surface area contributed by atoms with Crippen LogP contribution in [0.25, 0.3) is 0 Å². The lowest BCUT2D eigenvalue weighted by Gasteiger charge is -2.07. The van der Waals surface area contributed by atoms with Crippen molar-refractivity contribution in [2.45, 2.75) is 11.8 Å². The molecule has 17 heavy (non-hydrogen) atoms. The fourth-order valence-electron chi connectivity index (χ4n) is 1.06. The molecule has 0 aliphatic rings. The van der Waals surface area contributed by atoms with Crippen molar-refractivity contribution >= 4 is 39.6 Å². The van der Waals surface area contributed by atoms with E-state index in [9.17, 15) is 9.00 Å². The minimum absolute atomic E-state index is 0.175. The summed E-state index contributed by atoms with van der Waals surface area (Å²) in [6.45, 7) is 1.85. The van der Waals surface area contributed by atoms with Gasteiger partial charge in [0, 0.05) is 3.57 Å². The SMILES string of the molecule is CCOC(=O)COc1ccc(S(=O)O)c(I)c1. The number of rotatable bonds is 5. The van der Waals surface area contributed by atoms with Crippen LogP contribution in [0.2, 0.25) is 0 Å². The van der Waals surface area contributed by atoms with Gasteiger partial charge in [-0.25, -0.2) is 9.00 Å². The Bertz CT molecular complexity index is 435. The summed E-state index contributed by atoms with van der Waals surface area (Å²) in [5, 5.41) is 0. The van der Waals surface area contributed by atoms with E-state index in [0.29, 0.717) is 20.8 Å². The molecular weight excluding hydrogens is 359 g/mol. The van der Waals surface area contributed by atoms with Crippen LogP contribution in [0.4, 0.5) is 0 Å². The Hall–Kier alpha value is -0.670. The maximum atomic E-state index is 11.0. The largest absolute Gasteiger partial charge is 0.482 e. The van der Waals surface area contributed by atoms with Gasteiger partial charge < -0.3 is 14.0 Å². The highest BCUT2D eigenvalue weighted by atomic mass is 127. The number of esters is 1. The van der Waals surface area contributed by atoms with Crippen molar-refractivity contribution < 1.29 is 23.0 Å². The van der Waals surface area contributed by atoms with Gasteiger partial charge in [-0.1, -0.05) is 0 Å². The number of halogens is 1. The topological polar surface area (TPSA) is 72.8 Å². The van der Waals surface area contributed by atoms with E-state index in [0.717, 1.165) is 0 Å². The fourth-order valence-corrected chi connectivity index (χ4v) is 2.52. The number of hydrogen-bond donors (Lipinski definition) is 1. The van der Waals surface area contributed by atoms with Gasteiger partial charge in [0.2, 0.25) is 0 Å². The van der Waals surface area contributed by atoms with Crippen LogP contribution in [0.5, 0.6) is 5.75 Å². The molecule has 0 heterocycles. The normalized spacial score (nSPS) is 11.9. The second-order valence-corrected chi connectivity index (χ2v) is 5.04. The Labute approximate surface area is 115 Å². The standard InChI is InChI=1S/C10H11IO5S/c1-2-15-10(12)6-16-7-3-4-9(17(13)14)8(11)5-7/h3-5H,2,6H2,1H3,(H,13,14). The van der Waals surface area contributed by atoms with Crippen molar-refractivity contribution in [1.29, 1.82) is 0 Å². The molecule has 0 aliphatic heterocycles. The predicted octanol–water partition coefficient (Wildman–Crippen LogP) is 1.81. The van der Waals surface area contributed by atoms with Crippen LogP contribution in [-0.4, -0.2) is 27.9 Å². The Morgan fingerprint density at radius 1 is 1.53 bits per heavy atom. The molecule has 7 heteroatoms. The van der Waals surface area contributed by atoms with Crippen LogP contribution in [0.15, 0.2) is 23.1 Å². The molecule has 1 N–H and O–H groups in total. The van der Waals surface area contributed by atoms with E-state index in [-0.39, 0.29) is 6.61 Å². The molecule has 1 unspecified atom stereocenters. The van der Waals surface area contributed by atoms with Crippen molar-refractivity contribution in [2.24, 2.45) is 0 Å². The molecule has 0 saturated carbocycles. The summed E-state index contributed by atoms with van der Waals surface area (Å²) in [4.78, 5) is 11.4. The van der Waals surface area contributed by atoms with Crippen molar-refractivity contribution in [3.05, 3.63) is 21.8 Å². The number of carbonyl (C=O) groups is 1. The summed E-state index contributed by atoms with van der Waals surface area (Å²) in [5.74, 6) is 0.00831. The van der Waals surface area contributed by atoms with Crippen LogP contribution in [0, 0.1) is 3.57 Å². The summed E-state index contributed by atoms with van der Waals surface area (Å²) >= 11 is -0.0935. The first-order valence-electron chi connectivity index (χ1n) is 4.73. The second kappa shape index (κ2) is 6.92. The van der Waals surface area contributed by atoms with Gasteiger partial charge >= 0.3 is 5.97 Å². The number of benzene rings is 1. The lowest BCUT2D eigenvalue weighted by Crippen LogP contribution is -2.14. The highest BCUT2D eigenvalue weighted by Crippen LogP contribution is 2.21. The zero-order valence-corrected chi connectivity index (χ0v) is 12.0. The summed E-state index contributed by atoms with van der Waals surface area (Å²) in [7, 11) is 0. The van der Waals surface area contributed by atoms with Crippen LogP contribution < -0.4 is 4.74 Å². The summed E-state index contributed by atoms with van der Waals surface area (Å²) in [6.07, 6.45) is 0. The molecule has 0 aromatic heterocycles. The van der Waals surface area contributed by atoms with Gasteiger partial charge in [0.15, 0.2) is 17.7 Å². The zero-order valence-electron chi connectivity index (χ0n) is 9.01. The smallest absolute Gasteiger partial charge is 0.344 e. The van der Waals surface area contributed by atoms with Crippen LogP contribution in [0.3, 0.4) is 0 Å². The lowest BCUT2D eigenvalue weighted by atomic mass is 10.3. The van der Waals surface area contributed by atoms with Crippen molar-refractivity contribution in [2.75, 3.05) is 13.2 Å². The predicted molar refractivity (Wildman–Crippen MR) is 70.3 cm³/mol. The van der Waals surface area contributed by atoms with Crippen molar-refractivity contribution in [3.63, 3.8) is 0 Å². The minimum atomic E-state index is -2.02. The highest BCUT2D eigenvalue weighted by Gasteiger charge is 2.08. The van der Waals surface area contributed by atoms with Gasteiger partial charge in [-0.3, -0.25) is 0 Å². The van der Waals surface area contributed by atoms with E-state index in [1.54, 1.807) is 13.0 Å². The third-order valence-electron chi connectivity index (χ3n) is 1.75. The third kappa shape index (κ3) is 4.60. The fraction of sp³-hybridized carbons (Fsp3) is 0.300. The average molecular weight is 370 g/mol. The monoisotopic (exact) mass is 370 g/mol. The zero-order chi connectivity index (χ0) is 12.8. The van der Waals surface area contributed by atoms with Gasteiger partial charge in [0.25, 0.3) is 0 Å². The number of hydrogen-bond acceptors (Lipinski definition) is 4. The molecule has 0 aliphatic carbocycles. The summed E-state index contributed by atoms with van der Waals surface area (Å²) < 4.78 is 30.3. The Kier molecular flexibility index (Phi) is 5.86. The van der Waals surface area contributed by atoms with Gasteiger partial charge in [0.1, 0.15) is 5.75 Å². The highest BCUT2D eigenvalue weighted by molar-refractivity contribution is 14.1. The molecule has 0 saturated heterocycles. The van der Waals surface area contributed by atoms with Gasteiger partial charge in [-0.2, -0.15) is 0 Å². The second-order valence-electron chi connectivity index (χ2n) is 2.94. The first-order chi connectivity index (χ1) is 8.04. The Morgan fingerprint density at radius 2 is 2.24 bits per heavy atom. The minimum Gasteiger partial charge on any atom is -0.482 e. The molecule has 0 amide bonds. The summed E-state index contributed by atoms with van der Waals surface area (Å²) in [6, 6.07) is 4.60. The molecule has 0 radical (unpaired) electrons. The van der Waals surface area contributed by atoms with E-state index >= 15 is 0 Å². The third-order valence-corrected chi connectivity index (χ3v) is 3.74. The first-order valence-corrected chi connectivity index (χ1v) is 6.92. The summed E-state index contributed by atoms with van der Waals surface area (Å²) in [5.41, 5.74) is 0.